The van der Waals surface area contributed by atoms with Crippen LogP contribution in [0.25, 0.3) is 0 Å². The number of carbonyl (C=O) groups is 1. The Kier molecular flexibility index (Phi) is 6.98. The molecule has 0 spiro atoms. The topological polar surface area (TPSA) is 29.1 Å². The van der Waals surface area contributed by atoms with E-state index in [4.69, 9.17) is 0 Å². The molecule has 0 aliphatic carbocycles. The zero-order valence-electron chi connectivity index (χ0n) is 14.1. The quantitative estimate of drug-likeness (QED) is 0.634. The van der Waals surface area contributed by atoms with Gasteiger partial charge in [-0.2, -0.15) is 0 Å². The fraction of sp³-hybridized carbons (Fsp3) is 0.611. The van der Waals surface area contributed by atoms with Crippen LogP contribution in [0.1, 0.15) is 65.4 Å². The summed E-state index contributed by atoms with van der Waals surface area (Å²) < 4.78 is 27.7. The van der Waals surface area contributed by atoms with Crippen molar-refractivity contribution in [1.29, 1.82) is 0 Å². The predicted octanol–water partition coefficient (Wildman–Crippen LogP) is 5.21. The maximum Gasteiger partial charge on any atom is 0.131 e. The van der Waals surface area contributed by atoms with Crippen LogP contribution >= 0.6 is 0 Å². The predicted molar refractivity (Wildman–Crippen MR) is 87.3 cm³/mol. The van der Waals surface area contributed by atoms with Crippen molar-refractivity contribution in [2.45, 2.75) is 65.2 Å². The summed E-state index contributed by atoms with van der Waals surface area (Å²) in [5.74, 6) is -0.856. The van der Waals surface area contributed by atoms with E-state index in [9.17, 15) is 13.6 Å². The number of rotatable bonds is 9. The smallest absolute Gasteiger partial charge is 0.131 e. The van der Waals surface area contributed by atoms with Crippen LogP contribution in [0.2, 0.25) is 0 Å². The fourth-order valence-electron chi connectivity index (χ4n) is 2.48. The maximum atomic E-state index is 14.2. The number of anilines is 1. The Morgan fingerprint density at radius 2 is 1.86 bits per heavy atom. The molecule has 0 bridgehead atoms. The van der Waals surface area contributed by atoms with Crippen LogP contribution in [-0.4, -0.2) is 12.3 Å². The van der Waals surface area contributed by atoms with Crippen LogP contribution in [0, 0.1) is 11.6 Å². The van der Waals surface area contributed by atoms with Crippen LogP contribution in [-0.2, 0) is 10.2 Å². The Hall–Kier alpha value is -1.45. The SMILES string of the molecule is CCC(C)(C)c1c(F)cc(F)cc1NCCCCCC(C)=O. The van der Waals surface area contributed by atoms with Crippen molar-refractivity contribution < 1.29 is 13.6 Å². The van der Waals surface area contributed by atoms with E-state index in [1.165, 1.54) is 6.07 Å². The molecule has 0 amide bonds. The van der Waals surface area contributed by atoms with Gasteiger partial charge in [-0.25, -0.2) is 8.78 Å². The molecule has 0 unspecified atom stereocenters. The van der Waals surface area contributed by atoms with Gasteiger partial charge in [0.2, 0.25) is 0 Å². The minimum Gasteiger partial charge on any atom is -0.385 e. The molecule has 0 atom stereocenters. The Bertz CT molecular complexity index is 512. The van der Waals surface area contributed by atoms with E-state index in [0.717, 1.165) is 31.7 Å². The summed E-state index contributed by atoms with van der Waals surface area (Å²) in [5, 5.41) is 3.16. The molecular formula is C18H27F2NO. The Morgan fingerprint density at radius 1 is 1.18 bits per heavy atom. The minimum atomic E-state index is -0.563. The van der Waals surface area contributed by atoms with E-state index in [0.29, 0.717) is 24.2 Å². The normalized spacial score (nSPS) is 11.5. The second-order valence-corrected chi connectivity index (χ2v) is 6.49. The first-order valence-corrected chi connectivity index (χ1v) is 8.00. The van der Waals surface area contributed by atoms with E-state index in [1.54, 1.807) is 6.92 Å². The molecule has 1 rings (SSSR count). The van der Waals surface area contributed by atoms with Crippen molar-refractivity contribution in [1.82, 2.24) is 0 Å². The number of benzene rings is 1. The molecule has 0 aliphatic heterocycles. The van der Waals surface area contributed by atoms with Crippen molar-refractivity contribution >= 4 is 11.5 Å². The van der Waals surface area contributed by atoms with Crippen LogP contribution in [0.4, 0.5) is 14.5 Å². The monoisotopic (exact) mass is 311 g/mol. The summed E-state index contributed by atoms with van der Waals surface area (Å²) in [5.41, 5.74) is 0.727. The van der Waals surface area contributed by atoms with Gasteiger partial charge >= 0.3 is 0 Å². The molecule has 0 heterocycles. The first-order chi connectivity index (χ1) is 10.3. The van der Waals surface area contributed by atoms with Crippen molar-refractivity contribution in [3.63, 3.8) is 0 Å². The molecule has 1 N–H and O–H groups in total. The molecule has 2 nitrogen and oxygen atoms in total. The molecular weight excluding hydrogens is 284 g/mol. The van der Waals surface area contributed by atoms with Crippen LogP contribution < -0.4 is 5.32 Å². The third kappa shape index (κ3) is 5.39. The lowest BCUT2D eigenvalue weighted by atomic mass is 9.80. The number of carbonyl (C=O) groups excluding carboxylic acids is 1. The van der Waals surface area contributed by atoms with E-state index < -0.39 is 11.6 Å². The standard InChI is InChI=1S/C18H27F2NO/c1-5-18(3,4)17-15(20)11-14(19)12-16(17)21-10-8-6-7-9-13(2)22/h11-12,21H,5-10H2,1-4H3. The van der Waals surface area contributed by atoms with Crippen molar-refractivity contribution in [2.24, 2.45) is 0 Å². The highest BCUT2D eigenvalue weighted by molar-refractivity contribution is 5.75. The average Bonchev–Trinajstić information content (AvgIpc) is 2.41. The number of halogens is 2. The minimum absolute atomic E-state index is 0.201. The van der Waals surface area contributed by atoms with Gasteiger partial charge in [0.15, 0.2) is 0 Å². The highest BCUT2D eigenvalue weighted by Gasteiger charge is 2.26. The van der Waals surface area contributed by atoms with Gasteiger partial charge in [-0.1, -0.05) is 27.2 Å². The second-order valence-electron chi connectivity index (χ2n) is 6.49. The average molecular weight is 311 g/mol. The van der Waals surface area contributed by atoms with Crippen molar-refractivity contribution in [2.75, 3.05) is 11.9 Å². The van der Waals surface area contributed by atoms with E-state index in [2.05, 4.69) is 5.32 Å². The van der Waals surface area contributed by atoms with Crippen LogP contribution in [0.5, 0.6) is 0 Å². The molecule has 0 aliphatic rings. The number of Topliss-reactive ketones (excluding diaryl/α,β-unsaturated/α-hetero) is 1. The van der Waals surface area contributed by atoms with Gasteiger partial charge in [0.25, 0.3) is 0 Å². The molecule has 124 valence electrons. The number of hydrogen-bond acceptors (Lipinski definition) is 2. The van der Waals surface area contributed by atoms with Gasteiger partial charge in [0.05, 0.1) is 0 Å². The number of nitrogens with one attached hydrogen (secondary N) is 1. The van der Waals surface area contributed by atoms with Gasteiger partial charge < -0.3 is 10.1 Å². The number of ketones is 1. The maximum absolute atomic E-state index is 14.2. The lowest BCUT2D eigenvalue weighted by Crippen LogP contribution is -2.21. The highest BCUT2D eigenvalue weighted by Crippen LogP contribution is 2.35. The van der Waals surface area contributed by atoms with Gasteiger partial charge in [-0.15, -0.1) is 0 Å². The number of hydrogen-bond donors (Lipinski definition) is 1. The Labute approximate surface area is 132 Å². The van der Waals surface area contributed by atoms with Crippen molar-refractivity contribution in [3.05, 3.63) is 29.3 Å². The summed E-state index contributed by atoms with van der Waals surface area (Å²) in [6, 6.07) is 2.32. The Balaban J connectivity index is 2.71. The summed E-state index contributed by atoms with van der Waals surface area (Å²) >= 11 is 0. The van der Waals surface area contributed by atoms with Gasteiger partial charge in [0.1, 0.15) is 17.4 Å². The van der Waals surface area contributed by atoms with Gasteiger partial charge in [0, 0.05) is 30.3 Å². The van der Waals surface area contributed by atoms with E-state index >= 15 is 0 Å². The zero-order chi connectivity index (χ0) is 16.8. The lowest BCUT2D eigenvalue weighted by molar-refractivity contribution is -0.117. The molecule has 0 saturated carbocycles. The first-order valence-electron chi connectivity index (χ1n) is 8.00. The summed E-state index contributed by atoms with van der Waals surface area (Å²) in [6.07, 6.45) is 4.03. The summed E-state index contributed by atoms with van der Waals surface area (Å²) in [6.45, 7) is 8.15. The Morgan fingerprint density at radius 3 is 2.45 bits per heavy atom. The first kappa shape index (κ1) is 18.6. The number of unbranched alkanes of at least 4 members (excludes halogenated alkanes) is 2. The second kappa shape index (κ2) is 8.25. The van der Waals surface area contributed by atoms with Crippen LogP contribution in [0.3, 0.4) is 0 Å². The molecule has 0 fully saturated rings. The highest BCUT2D eigenvalue weighted by atomic mass is 19.1. The molecule has 0 saturated heterocycles. The van der Waals surface area contributed by atoms with Gasteiger partial charge in [-0.05, 0) is 37.7 Å². The zero-order valence-corrected chi connectivity index (χ0v) is 14.1. The van der Waals surface area contributed by atoms with Gasteiger partial charge in [-0.3, -0.25) is 0 Å². The summed E-state index contributed by atoms with van der Waals surface area (Å²) in [7, 11) is 0. The van der Waals surface area contributed by atoms with E-state index in [1.807, 2.05) is 20.8 Å². The summed E-state index contributed by atoms with van der Waals surface area (Å²) in [4.78, 5) is 10.9. The molecule has 0 radical (unpaired) electrons. The molecule has 22 heavy (non-hydrogen) atoms. The lowest BCUT2D eigenvalue weighted by Gasteiger charge is -2.27. The van der Waals surface area contributed by atoms with E-state index in [-0.39, 0.29) is 11.2 Å². The molecule has 1 aromatic rings. The third-order valence-corrected chi connectivity index (χ3v) is 4.14. The third-order valence-electron chi connectivity index (χ3n) is 4.14. The fourth-order valence-corrected chi connectivity index (χ4v) is 2.48. The largest absolute Gasteiger partial charge is 0.385 e. The van der Waals surface area contributed by atoms with Crippen LogP contribution in [0.15, 0.2) is 12.1 Å². The van der Waals surface area contributed by atoms with Crippen molar-refractivity contribution in [3.8, 4) is 0 Å². The molecule has 1 aromatic carbocycles. The molecule has 4 heteroatoms. The molecule has 0 aromatic heterocycles.